The van der Waals surface area contributed by atoms with E-state index < -0.39 is 0 Å². The van der Waals surface area contributed by atoms with Crippen LogP contribution in [0.5, 0.6) is 0 Å². The van der Waals surface area contributed by atoms with Gasteiger partial charge in [-0.05, 0) is 69.7 Å². The van der Waals surface area contributed by atoms with Crippen molar-refractivity contribution in [2.24, 2.45) is 17.8 Å². The maximum atomic E-state index is 6.06. The van der Waals surface area contributed by atoms with Gasteiger partial charge in [0.05, 0.1) is 5.60 Å². The highest BCUT2D eigenvalue weighted by molar-refractivity contribution is 4.98. The Morgan fingerprint density at radius 1 is 1.18 bits per heavy atom. The fraction of sp³-hybridized carbons (Fsp3) is 1.00. The normalized spacial score (nSPS) is 44.8. The summed E-state index contributed by atoms with van der Waals surface area (Å²) in [7, 11) is 2.13. The van der Waals surface area contributed by atoms with Gasteiger partial charge in [-0.1, -0.05) is 6.92 Å². The summed E-state index contributed by atoms with van der Waals surface area (Å²) in [4.78, 5) is 0. The van der Waals surface area contributed by atoms with E-state index >= 15 is 0 Å². The fourth-order valence-electron chi connectivity index (χ4n) is 4.62. The lowest BCUT2D eigenvalue weighted by atomic mass is 9.67. The summed E-state index contributed by atoms with van der Waals surface area (Å²) in [5.41, 5.74) is 0.334. The molecule has 2 nitrogen and oxygen atoms in total. The van der Waals surface area contributed by atoms with Gasteiger partial charge in [-0.2, -0.15) is 0 Å². The maximum Gasteiger partial charge on any atom is 0.0685 e. The molecule has 98 valence electrons. The van der Waals surface area contributed by atoms with Crippen LogP contribution in [0.1, 0.15) is 51.9 Å². The standard InChI is InChI=1S/C15H27NO/c1-11-13(4-5-14(11)16-2)12-6-9-17-15(10-12)7-3-8-15/h11-14,16H,3-10H2,1-2H3. The van der Waals surface area contributed by atoms with Gasteiger partial charge in [-0.3, -0.25) is 0 Å². The monoisotopic (exact) mass is 237 g/mol. The molecular formula is C15H27NO. The van der Waals surface area contributed by atoms with E-state index in [2.05, 4.69) is 19.3 Å². The molecule has 3 aliphatic rings. The van der Waals surface area contributed by atoms with Gasteiger partial charge in [-0.15, -0.1) is 0 Å². The molecule has 4 atom stereocenters. The molecular weight excluding hydrogens is 210 g/mol. The number of ether oxygens (including phenoxy) is 1. The van der Waals surface area contributed by atoms with E-state index in [0.29, 0.717) is 5.60 Å². The Labute approximate surface area is 105 Å². The molecule has 1 N–H and O–H groups in total. The van der Waals surface area contributed by atoms with E-state index in [1.54, 1.807) is 0 Å². The van der Waals surface area contributed by atoms with Crippen LogP contribution in [-0.4, -0.2) is 25.3 Å². The lowest BCUT2D eigenvalue weighted by molar-refractivity contribution is -0.151. The van der Waals surface area contributed by atoms with Crippen LogP contribution in [-0.2, 0) is 4.74 Å². The first-order chi connectivity index (χ1) is 8.24. The average Bonchev–Trinajstić information content (AvgIpc) is 2.68. The molecule has 2 heteroatoms. The fourth-order valence-corrected chi connectivity index (χ4v) is 4.62. The Kier molecular flexibility index (Phi) is 3.20. The van der Waals surface area contributed by atoms with Crippen molar-refractivity contribution in [3.8, 4) is 0 Å². The van der Waals surface area contributed by atoms with Gasteiger partial charge in [0.1, 0.15) is 0 Å². The summed E-state index contributed by atoms with van der Waals surface area (Å²) >= 11 is 0. The first kappa shape index (κ1) is 12.0. The molecule has 1 saturated heterocycles. The number of rotatable bonds is 2. The molecule has 0 aromatic carbocycles. The third-order valence-electron chi connectivity index (χ3n) is 5.89. The van der Waals surface area contributed by atoms with Crippen molar-refractivity contribution in [3.63, 3.8) is 0 Å². The second kappa shape index (κ2) is 4.55. The minimum atomic E-state index is 0.334. The Bertz CT molecular complexity index is 274. The van der Waals surface area contributed by atoms with Gasteiger partial charge in [0.25, 0.3) is 0 Å². The van der Waals surface area contributed by atoms with Crippen LogP contribution in [0.3, 0.4) is 0 Å². The van der Waals surface area contributed by atoms with Crippen LogP contribution in [0.2, 0.25) is 0 Å². The van der Waals surface area contributed by atoms with Gasteiger partial charge in [0.15, 0.2) is 0 Å². The second-order valence-electron chi connectivity index (χ2n) is 6.63. The Morgan fingerprint density at radius 2 is 2.00 bits per heavy atom. The minimum Gasteiger partial charge on any atom is -0.375 e. The Balaban J connectivity index is 1.64. The molecule has 0 amide bonds. The van der Waals surface area contributed by atoms with Crippen molar-refractivity contribution in [3.05, 3.63) is 0 Å². The summed E-state index contributed by atoms with van der Waals surface area (Å²) in [5, 5.41) is 3.50. The summed E-state index contributed by atoms with van der Waals surface area (Å²) in [6.45, 7) is 3.49. The summed E-state index contributed by atoms with van der Waals surface area (Å²) in [5.74, 6) is 2.76. The van der Waals surface area contributed by atoms with Crippen molar-refractivity contribution in [2.45, 2.75) is 63.5 Å². The molecule has 1 heterocycles. The topological polar surface area (TPSA) is 21.3 Å². The zero-order valence-corrected chi connectivity index (χ0v) is 11.4. The van der Waals surface area contributed by atoms with E-state index in [1.165, 1.54) is 44.9 Å². The Morgan fingerprint density at radius 3 is 2.59 bits per heavy atom. The summed E-state index contributed by atoms with van der Waals surface area (Å²) < 4.78 is 6.06. The first-order valence-corrected chi connectivity index (χ1v) is 7.55. The van der Waals surface area contributed by atoms with Crippen LogP contribution in [0.15, 0.2) is 0 Å². The molecule has 4 unspecified atom stereocenters. The van der Waals surface area contributed by atoms with Crippen molar-refractivity contribution in [1.29, 1.82) is 0 Å². The van der Waals surface area contributed by atoms with Crippen LogP contribution < -0.4 is 5.32 Å². The first-order valence-electron chi connectivity index (χ1n) is 7.55. The van der Waals surface area contributed by atoms with E-state index in [0.717, 1.165) is 30.4 Å². The third-order valence-corrected chi connectivity index (χ3v) is 5.89. The molecule has 1 aliphatic heterocycles. The molecule has 2 saturated carbocycles. The van der Waals surface area contributed by atoms with Crippen LogP contribution in [0.4, 0.5) is 0 Å². The molecule has 3 rings (SSSR count). The van der Waals surface area contributed by atoms with Crippen molar-refractivity contribution < 1.29 is 4.74 Å². The Hall–Kier alpha value is -0.0800. The van der Waals surface area contributed by atoms with Crippen molar-refractivity contribution in [1.82, 2.24) is 5.32 Å². The molecule has 0 aromatic rings. The van der Waals surface area contributed by atoms with E-state index in [9.17, 15) is 0 Å². The zero-order valence-electron chi connectivity index (χ0n) is 11.4. The van der Waals surface area contributed by atoms with Crippen molar-refractivity contribution in [2.75, 3.05) is 13.7 Å². The zero-order chi connectivity index (χ0) is 11.9. The smallest absolute Gasteiger partial charge is 0.0685 e. The predicted octanol–water partition coefficient (Wildman–Crippen LogP) is 2.97. The molecule has 0 bridgehead atoms. The predicted molar refractivity (Wildman–Crippen MR) is 70.0 cm³/mol. The van der Waals surface area contributed by atoms with Crippen LogP contribution in [0, 0.1) is 17.8 Å². The van der Waals surface area contributed by atoms with Gasteiger partial charge < -0.3 is 10.1 Å². The molecule has 0 radical (unpaired) electrons. The van der Waals surface area contributed by atoms with E-state index in [-0.39, 0.29) is 0 Å². The van der Waals surface area contributed by atoms with Gasteiger partial charge >= 0.3 is 0 Å². The molecule has 3 fully saturated rings. The van der Waals surface area contributed by atoms with Crippen LogP contribution in [0.25, 0.3) is 0 Å². The van der Waals surface area contributed by atoms with Gasteiger partial charge in [0, 0.05) is 12.6 Å². The molecule has 1 spiro atoms. The van der Waals surface area contributed by atoms with Crippen LogP contribution >= 0.6 is 0 Å². The highest BCUT2D eigenvalue weighted by atomic mass is 16.5. The molecule has 2 aliphatic carbocycles. The number of hydrogen-bond donors (Lipinski definition) is 1. The summed E-state index contributed by atoms with van der Waals surface area (Å²) in [6.07, 6.45) is 9.55. The van der Waals surface area contributed by atoms with Crippen molar-refractivity contribution >= 4 is 0 Å². The average molecular weight is 237 g/mol. The maximum absolute atomic E-state index is 6.06. The summed E-state index contributed by atoms with van der Waals surface area (Å²) in [6, 6.07) is 0.764. The van der Waals surface area contributed by atoms with E-state index in [4.69, 9.17) is 4.74 Å². The SMILES string of the molecule is CNC1CCC(C2CCOC3(CCC3)C2)C1C. The number of nitrogens with one attached hydrogen (secondary N) is 1. The quantitative estimate of drug-likeness (QED) is 0.797. The molecule has 0 aromatic heterocycles. The third kappa shape index (κ3) is 2.04. The highest BCUT2D eigenvalue weighted by Crippen LogP contribution is 2.49. The molecule has 17 heavy (non-hydrogen) atoms. The highest BCUT2D eigenvalue weighted by Gasteiger charge is 2.46. The lowest BCUT2D eigenvalue weighted by Gasteiger charge is -2.49. The second-order valence-corrected chi connectivity index (χ2v) is 6.63. The number of hydrogen-bond acceptors (Lipinski definition) is 2. The minimum absolute atomic E-state index is 0.334. The van der Waals surface area contributed by atoms with Gasteiger partial charge in [0.2, 0.25) is 0 Å². The largest absolute Gasteiger partial charge is 0.375 e. The van der Waals surface area contributed by atoms with Gasteiger partial charge in [-0.25, -0.2) is 0 Å². The van der Waals surface area contributed by atoms with E-state index in [1.807, 2.05) is 0 Å². The lowest BCUT2D eigenvalue weighted by Crippen LogP contribution is -2.47.